The highest BCUT2D eigenvalue weighted by Gasteiger charge is 2.43. The van der Waals surface area contributed by atoms with Crippen LogP contribution >= 0.6 is 11.6 Å². The van der Waals surface area contributed by atoms with Crippen molar-refractivity contribution in [1.29, 1.82) is 0 Å². The molecule has 1 aliphatic rings. The Bertz CT molecular complexity index is 558. The van der Waals surface area contributed by atoms with Gasteiger partial charge in [0, 0.05) is 0 Å². The molecule has 0 N–H and O–H groups in total. The van der Waals surface area contributed by atoms with Gasteiger partial charge in [-0.05, 0) is 47.8 Å². The maximum absolute atomic E-state index is 6.70. The monoisotopic (exact) mass is 298 g/mol. The SMILES string of the molecule is CCCCc1ccc(C(Cl)C2CC2c2ccccc2)cc1. The van der Waals surface area contributed by atoms with E-state index in [2.05, 4.69) is 61.5 Å². The lowest BCUT2D eigenvalue weighted by atomic mass is 10.0. The Morgan fingerprint density at radius 2 is 1.76 bits per heavy atom. The Morgan fingerprint density at radius 1 is 1.05 bits per heavy atom. The number of benzene rings is 2. The Morgan fingerprint density at radius 3 is 2.43 bits per heavy atom. The summed E-state index contributed by atoms with van der Waals surface area (Å²) in [4.78, 5) is 0. The molecular formula is C20H23Cl. The summed E-state index contributed by atoms with van der Waals surface area (Å²) in [5.41, 5.74) is 4.15. The maximum Gasteiger partial charge on any atom is 0.0619 e. The zero-order valence-corrected chi connectivity index (χ0v) is 13.4. The molecule has 0 radical (unpaired) electrons. The first-order valence-corrected chi connectivity index (χ1v) is 8.51. The van der Waals surface area contributed by atoms with Crippen LogP contribution in [0, 0.1) is 5.92 Å². The zero-order valence-electron chi connectivity index (χ0n) is 12.6. The van der Waals surface area contributed by atoms with Crippen molar-refractivity contribution >= 4 is 11.6 Å². The fourth-order valence-electron chi connectivity index (χ4n) is 3.12. The normalized spacial score (nSPS) is 22.0. The fraction of sp³-hybridized carbons (Fsp3) is 0.400. The van der Waals surface area contributed by atoms with Gasteiger partial charge in [0.05, 0.1) is 5.38 Å². The van der Waals surface area contributed by atoms with E-state index in [1.54, 1.807) is 0 Å². The molecule has 21 heavy (non-hydrogen) atoms. The molecule has 0 aromatic heterocycles. The van der Waals surface area contributed by atoms with Crippen LogP contribution in [0.5, 0.6) is 0 Å². The van der Waals surface area contributed by atoms with Crippen molar-refractivity contribution in [1.82, 2.24) is 0 Å². The molecule has 1 saturated carbocycles. The van der Waals surface area contributed by atoms with Crippen LogP contribution in [0.15, 0.2) is 54.6 Å². The zero-order chi connectivity index (χ0) is 14.7. The molecule has 110 valence electrons. The summed E-state index contributed by atoms with van der Waals surface area (Å²) < 4.78 is 0. The minimum Gasteiger partial charge on any atom is -0.117 e. The Balaban J connectivity index is 1.63. The fourth-order valence-corrected chi connectivity index (χ4v) is 3.54. The van der Waals surface area contributed by atoms with Crippen LogP contribution in [0.4, 0.5) is 0 Å². The second-order valence-corrected chi connectivity index (χ2v) is 6.63. The van der Waals surface area contributed by atoms with Crippen LogP contribution in [-0.2, 0) is 6.42 Å². The predicted octanol–water partition coefficient (Wildman–Crippen LogP) is 6.11. The number of alkyl halides is 1. The molecule has 3 rings (SSSR count). The number of hydrogen-bond donors (Lipinski definition) is 0. The standard InChI is InChI=1S/C20H23Cl/c1-2-3-7-15-10-12-17(13-11-15)20(21)19-14-18(19)16-8-5-4-6-9-16/h4-6,8-13,18-20H,2-3,7,14H2,1H3. The average Bonchev–Trinajstić information content (AvgIpc) is 3.34. The summed E-state index contributed by atoms with van der Waals surface area (Å²) >= 11 is 6.70. The molecule has 0 amide bonds. The molecule has 0 aliphatic heterocycles. The van der Waals surface area contributed by atoms with Gasteiger partial charge in [-0.2, -0.15) is 0 Å². The highest BCUT2D eigenvalue weighted by atomic mass is 35.5. The number of aryl methyl sites for hydroxylation is 1. The Kier molecular flexibility index (Phi) is 4.65. The number of unbranched alkanes of at least 4 members (excludes halogenated alkanes) is 1. The average molecular weight is 299 g/mol. The van der Waals surface area contributed by atoms with Gasteiger partial charge in [-0.1, -0.05) is 67.9 Å². The van der Waals surface area contributed by atoms with E-state index in [9.17, 15) is 0 Å². The summed E-state index contributed by atoms with van der Waals surface area (Å²) in [6, 6.07) is 19.7. The van der Waals surface area contributed by atoms with Gasteiger partial charge in [0.15, 0.2) is 0 Å². The van der Waals surface area contributed by atoms with E-state index in [0.29, 0.717) is 11.8 Å². The van der Waals surface area contributed by atoms with E-state index in [0.717, 1.165) is 0 Å². The summed E-state index contributed by atoms with van der Waals surface area (Å²) in [6.45, 7) is 2.24. The molecular weight excluding hydrogens is 276 g/mol. The van der Waals surface area contributed by atoms with E-state index < -0.39 is 0 Å². The topological polar surface area (TPSA) is 0 Å². The summed E-state index contributed by atoms with van der Waals surface area (Å²) in [5, 5.41) is 0.149. The summed E-state index contributed by atoms with van der Waals surface area (Å²) in [5.74, 6) is 1.24. The highest BCUT2D eigenvalue weighted by Crippen LogP contribution is 2.56. The highest BCUT2D eigenvalue weighted by molar-refractivity contribution is 6.21. The number of rotatable bonds is 6. The first-order valence-electron chi connectivity index (χ1n) is 8.07. The molecule has 2 aromatic carbocycles. The third kappa shape index (κ3) is 3.49. The third-order valence-electron chi connectivity index (χ3n) is 4.56. The Hall–Kier alpha value is -1.27. The molecule has 0 spiro atoms. The minimum absolute atomic E-state index is 0.149. The van der Waals surface area contributed by atoms with E-state index in [-0.39, 0.29) is 5.38 Å². The van der Waals surface area contributed by atoms with Crippen molar-refractivity contribution in [3.63, 3.8) is 0 Å². The molecule has 3 unspecified atom stereocenters. The maximum atomic E-state index is 6.70. The van der Waals surface area contributed by atoms with Crippen molar-refractivity contribution in [3.05, 3.63) is 71.3 Å². The molecule has 2 aromatic rings. The molecule has 1 aliphatic carbocycles. The molecule has 0 heterocycles. The van der Waals surface area contributed by atoms with Crippen molar-refractivity contribution in [2.24, 2.45) is 5.92 Å². The first-order chi connectivity index (χ1) is 10.3. The van der Waals surface area contributed by atoms with Crippen LogP contribution in [0.1, 0.15) is 54.2 Å². The van der Waals surface area contributed by atoms with E-state index in [1.165, 1.54) is 42.4 Å². The quantitative estimate of drug-likeness (QED) is 0.564. The first kappa shape index (κ1) is 14.7. The molecule has 1 fully saturated rings. The van der Waals surface area contributed by atoms with Gasteiger partial charge in [0.25, 0.3) is 0 Å². The van der Waals surface area contributed by atoms with Crippen molar-refractivity contribution in [3.8, 4) is 0 Å². The second-order valence-electron chi connectivity index (χ2n) is 6.16. The van der Waals surface area contributed by atoms with E-state index in [4.69, 9.17) is 11.6 Å². The Labute approximate surface area is 133 Å². The second kappa shape index (κ2) is 6.66. The van der Waals surface area contributed by atoms with E-state index in [1.807, 2.05) is 0 Å². The summed E-state index contributed by atoms with van der Waals surface area (Å²) in [6.07, 6.45) is 4.92. The largest absolute Gasteiger partial charge is 0.117 e. The molecule has 3 atom stereocenters. The van der Waals surface area contributed by atoms with Crippen LogP contribution in [0.2, 0.25) is 0 Å². The van der Waals surface area contributed by atoms with Gasteiger partial charge in [0.1, 0.15) is 0 Å². The van der Waals surface area contributed by atoms with E-state index >= 15 is 0 Å². The van der Waals surface area contributed by atoms with Crippen LogP contribution in [0.25, 0.3) is 0 Å². The van der Waals surface area contributed by atoms with Crippen molar-refractivity contribution in [2.75, 3.05) is 0 Å². The minimum atomic E-state index is 0.149. The van der Waals surface area contributed by atoms with Gasteiger partial charge in [-0.15, -0.1) is 11.6 Å². The lowest BCUT2D eigenvalue weighted by molar-refractivity contribution is 0.761. The lowest BCUT2D eigenvalue weighted by Crippen LogP contribution is -1.96. The predicted molar refractivity (Wildman–Crippen MR) is 90.9 cm³/mol. The molecule has 1 heteroatoms. The van der Waals surface area contributed by atoms with Crippen LogP contribution in [0.3, 0.4) is 0 Å². The number of halogens is 1. The van der Waals surface area contributed by atoms with Crippen molar-refractivity contribution < 1.29 is 0 Å². The molecule has 0 nitrogen and oxygen atoms in total. The molecule has 0 bridgehead atoms. The smallest absolute Gasteiger partial charge is 0.0619 e. The van der Waals surface area contributed by atoms with Gasteiger partial charge < -0.3 is 0 Å². The molecule has 0 saturated heterocycles. The third-order valence-corrected chi connectivity index (χ3v) is 5.14. The van der Waals surface area contributed by atoms with Gasteiger partial charge in [0.2, 0.25) is 0 Å². The van der Waals surface area contributed by atoms with Crippen molar-refractivity contribution in [2.45, 2.75) is 43.9 Å². The van der Waals surface area contributed by atoms with Crippen LogP contribution < -0.4 is 0 Å². The van der Waals surface area contributed by atoms with Gasteiger partial charge in [-0.25, -0.2) is 0 Å². The summed E-state index contributed by atoms with van der Waals surface area (Å²) in [7, 11) is 0. The van der Waals surface area contributed by atoms with Gasteiger partial charge in [-0.3, -0.25) is 0 Å². The lowest BCUT2D eigenvalue weighted by Gasteiger charge is -2.11. The number of hydrogen-bond acceptors (Lipinski definition) is 0. The van der Waals surface area contributed by atoms with Crippen LogP contribution in [-0.4, -0.2) is 0 Å². The van der Waals surface area contributed by atoms with Gasteiger partial charge >= 0.3 is 0 Å².